The number of aliphatic hydroxyl groups excluding tert-OH is 1. The maximum atomic E-state index is 11.2. The summed E-state index contributed by atoms with van der Waals surface area (Å²) in [4.78, 5) is 16.6. The molecule has 0 spiro atoms. The van der Waals surface area contributed by atoms with Gasteiger partial charge < -0.3 is 5.11 Å². The fourth-order valence-corrected chi connectivity index (χ4v) is 1.25. The van der Waals surface area contributed by atoms with Gasteiger partial charge >= 0.3 is 0 Å². The lowest BCUT2D eigenvalue weighted by molar-refractivity contribution is -0.189. The molecule has 0 aliphatic carbocycles. The fraction of sp³-hybridized carbons (Fsp3) is 0.417. The third kappa shape index (κ3) is 4.42. The minimum atomic E-state index is -0.149. The first-order chi connectivity index (χ1) is 7.74. The van der Waals surface area contributed by atoms with Gasteiger partial charge in [0.2, 0.25) is 5.91 Å². The predicted octanol–water partition coefficient (Wildman–Crippen LogP) is 1.35. The van der Waals surface area contributed by atoms with Crippen molar-refractivity contribution in [1.29, 1.82) is 0 Å². The van der Waals surface area contributed by atoms with Gasteiger partial charge in [-0.15, -0.1) is 0 Å². The number of benzene rings is 1. The van der Waals surface area contributed by atoms with Crippen molar-refractivity contribution in [2.75, 3.05) is 13.2 Å². The molecular weight excluding hydrogens is 206 g/mol. The molecule has 1 N–H and O–H groups in total. The molecule has 0 unspecified atom stereocenters. The molecule has 1 rings (SSSR count). The van der Waals surface area contributed by atoms with Crippen LogP contribution in [0.1, 0.15) is 18.9 Å². The van der Waals surface area contributed by atoms with E-state index in [1.54, 1.807) is 0 Å². The number of hydroxylamine groups is 2. The fourth-order valence-electron chi connectivity index (χ4n) is 1.25. The lowest BCUT2D eigenvalue weighted by atomic mass is 10.2. The molecule has 0 radical (unpaired) electrons. The van der Waals surface area contributed by atoms with E-state index >= 15 is 0 Å². The summed E-state index contributed by atoms with van der Waals surface area (Å²) in [5, 5.41) is 9.97. The van der Waals surface area contributed by atoms with Crippen molar-refractivity contribution in [2.45, 2.75) is 20.0 Å². The van der Waals surface area contributed by atoms with Gasteiger partial charge in [0.25, 0.3) is 0 Å². The third-order valence-electron chi connectivity index (χ3n) is 2.10. The minimum absolute atomic E-state index is 0.0540. The number of carbonyl (C=O) groups excluding carboxylic acids is 1. The van der Waals surface area contributed by atoms with Crippen LogP contribution >= 0.6 is 0 Å². The number of carbonyl (C=O) groups is 1. The standard InChI is InChI=1S/C12H17NO3/c1-11(15)13(8-5-9-14)16-10-12-6-3-2-4-7-12/h2-4,6-7,14H,5,8-10H2,1H3. The largest absolute Gasteiger partial charge is 0.396 e. The molecule has 1 aromatic carbocycles. The number of aliphatic hydroxyl groups is 1. The molecule has 0 fully saturated rings. The van der Waals surface area contributed by atoms with Gasteiger partial charge in [0.1, 0.15) is 6.61 Å². The van der Waals surface area contributed by atoms with Crippen LogP contribution in [-0.4, -0.2) is 29.2 Å². The van der Waals surface area contributed by atoms with Gasteiger partial charge in [-0.25, -0.2) is 5.06 Å². The van der Waals surface area contributed by atoms with E-state index < -0.39 is 0 Å². The maximum absolute atomic E-state index is 11.2. The Morgan fingerprint density at radius 3 is 2.62 bits per heavy atom. The molecule has 0 aliphatic rings. The van der Waals surface area contributed by atoms with E-state index in [0.29, 0.717) is 19.6 Å². The second-order valence-electron chi connectivity index (χ2n) is 3.46. The molecule has 0 aliphatic heterocycles. The Morgan fingerprint density at radius 1 is 1.38 bits per heavy atom. The zero-order valence-corrected chi connectivity index (χ0v) is 9.43. The van der Waals surface area contributed by atoms with Crippen molar-refractivity contribution in [1.82, 2.24) is 5.06 Å². The molecule has 0 aromatic heterocycles. The van der Waals surface area contributed by atoms with Crippen LogP contribution in [0, 0.1) is 0 Å². The summed E-state index contributed by atoms with van der Waals surface area (Å²) < 4.78 is 0. The molecule has 16 heavy (non-hydrogen) atoms. The average molecular weight is 223 g/mol. The van der Waals surface area contributed by atoms with Gasteiger partial charge in [0.15, 0.2) is 0 Å². The van der Waals surface area contributed by atoms with E-state index in [9.17, 15) is 4.79 Å². The Balaban J connectivity index is 2.41. The summed E-state index contributed by atoms with van der Waals surface area (Å²) in [5.74, 6) is -0.149. The van der Waals surface area contributed by atoms with Crippen molar-refractivity contribution >= 4 is 5.91 Å². The summed E-state index contributed by atoms with van der Waals surface area (Å²) in [6, 6.07) is 9.64. The van der Waals surface area contributed by atoms with E-state index in [1.165, 1.54) is 12.0 Å². The zero-order chi connectivity index (χ0) is 11.8. The average Bonchev–Trinajstić information content (AvgIpc) is 2.30. The summed E-state index contributed by atoms with van der Waals surface area (Å²) in [7, 11) is 0. The highest BCUT2D eigenvalue weighted by Crippen LogP contribution is 2.03. The molecule has 0 saturated heterocycles. The Hall–Kier alpha value is -1.39. The number of amides is 1. The lowest BCUT2D eigenvalue weighted by Gasteiger charge is -2.19. The molecule has 1 aromatic rings. The topological polar surface area (TPSA) is 49.8 Å². The van der Waals surface area contributed by atoms with Crippen LogP contribution in [0.5, 0.6) is 0 Å². The Morgan fingerprint density at radius 2 is 2.06 bits per heavy atom. The molecular formula is C12H17NO3. The van der Waals surface area contributed by atoms with Crippen molar-refractivity contribution in [3.8, 4) is 0 Å². The first-order valence-electron chi connectivity index (χ1n) is 5.30. The Bertz CT molecular complexity index is 313. The van der Waals surface area contributed by atoms with Gasteiger partial charge in [0.05, 0.1) is 6.54 Å². The molecule has 0 atom stereocenters. The van der Waals surface area contributed by atoms with Gasteiger partial charge in [-0.3, -0.25) is 9.63 Å². The highest BCUT2D eigenvalue weighted by molar-refractivity contribution is 5.71. The first kappa shape index (κ1) is 12.7. The monoisotopic (exact) mass is 223 g/mol. The van der Waals surface area contributed by atoms with Crippen LogP contribution in [-0.2, 0) is 16.2 Å². The summed E-state index contributed by atoms with van der Waals surface area (Å²) in [6.07, 6.45) is 0.522. The highest BCUT2D eigenvalue weighted by atomic mass is 16.7. The number of nitrogens with zero attached hydrogens (tertiary/aromatic N) is 1. The van der Waals surface area contributed by atoms with Crippen molar-refractivity contribution in [3.05, 3.63) is 35.9 Å². The van der Waals surface area contributed by atoms with E-state index in [2.05, 4.69) is 0 Å². The molecule has 88 valence electrons. The van der Waals surface area contributed by atoms with Gasteiger partial charge in [-0.05, 0) is 12.0 Å². The predicted molar refractivity (Wildman–Crippen MR) is 60.3 cm³/mol. The normalized spacial score (nSPS) is 10.1. The summed E-state index contributed by atoms with van der Waals surface area (Å²) in [5.41, 5.74) is 1.01. The first-order valence-corrected chi connectivity index (χ1v) is 5.30. The molecule has 0 heterocycles. The quantitative estimate of drug-likeness (QED) is 0.740. The van der Waals surface area contributed by atoms with Crippen LogP contribution in [0.15, 0.2) is 30.3 Å². The van der Waals surface area contributed by atoms with Crippen molar-refractivity contribution < 1.29 is 14.7 Å². The Labute approximate surface area is 95.4 Å². The van der Waals surface area contributed by atoms with Crippen LogP contribution in [0.4, 0.5) is 0 Å². The summed E-state index contributed by atoms with van der Waals surface area (Å²) >= 11 is 0. The van der Waals surface area contributed by atoms with Gasteiger partial charge in [-0.1, -0.05) is 30.3 Å². The molecule has 1 amide bonds. The third-order valence-corrected chi connectivity index (χ3v) is 2.10. The minimum Gasteiger partial charge on any atom is -0.396 e. The van der Waals surface area contributed by atoms with Crippen LogP contribution in [0.25, 0.3) is 0 Å². The van der Waals surface area contributed by atoms with Crippen LogP contribution in [0.2, 0.25) is 0 Å². The molecule has 0 saturated carbocycles. The van der Waals surface area contributed by atoms with E-state index in [-0.39, 0.29) is 12.5 Å². The number of hydrogen-bond donors (Lipinski definition) is 1. The second kappa shape index (κ2) is 6.98. The highest BCUT2D eigenvalue weighted by Gasteiger charge is 2.08. The van der Waals surface area contributed by atoms with Crippen LogP contribution in [0.3, 0.4) is 0 Å². The summed E-state index contributed by atoms with van der Waals surface area (Å²) in [6.45, 7) is 2.28. The zero-order valence-electron chi connectivity index (χ0n) is 9.43. The van der Waals surface area contributed by atoms with E-state index in [0.717, 1.165) is 5.56 Å². The van der Waals surface area contributed by atoms with Gasteiger partial charge in [-0.2, -0.15) is 0 Å². The number of rotatable bonds is 6. The van der Waals surface area contributed by atoms with Crippen LogP contribution < -0.4 is 0 Å². The smallest absolute Gasteiger partial charge is 0.243 e. The SMILES string of the molecule is CC(=O)N(CCCO)OCc1ccccc1. The number of hydrogen-bond acceptors (Lipinski definition) is 3. The molecule has 4 heteroatoms. The lowest BCUT2D eigenvalue weighted by Crippen LogP contribution is -2.30. The van der Waals surface area contributed by atoms with Crippen molar-refractivity contribution in [2.24, 2.45) is 0 Å². The Kier molecular flexibility index (Phi) is 5.53. The second-order valence-corrected chi connectivity index (χ2v) is 3.46. The van der Waals surface area contributed by atoms with Crippen molar-refractivity contribution in [3.63, 3.8) is 0 Å². The van der Waals surface area contributed by atoms with E-state index in [1.807, 2.05) is 30.3 Å². The molecule has 0 bridgehead atoms. The van der Waals surface area contributed by atoms with Gasteiger partial charge in [0, 0.05) is 13.5 Å². The molecule has 4 nitrogen and oxygen atoms in total. The maximum Gasteiger partial charge on any atom is 0.243 e. The van der Waals surface area contributed by atoms with E-state index in [4.69, 9.17) is 9.94 Å².